The Hall–Kier alpha value is -1.79. The summed E-state index contributed by atoms with van der Waals surface area (Å²) in [7, 11) is 2.99. The third-order valence-corrected chi connectivity index (χ3v) is 2.28. The Balaban J connectivity index is 2.56. The lowest BCUT2D eigenvalue weighted by atomic mass is 10.2. The standard InChI is InChI=1S/C13H18O6/c1-4-17-7-8-18-19-13(14)11-6-5-10(15-2)9-12(11)16-3/h5-6,9H,4,7-8H2,1-3H3. The summed E-state index contributed by atoms with van der Waals surface area (Å²) in [5.41, 5.74) is 0.264. The number of ether oxygens (including phenoxy) is 3. The van der Waals surface area contributed by atoms with Crippen LogP contribution in [0.5, 0.6) is 11.5 Å². The summed E-state index contributed by atoms with van der Waals surface area (Å²) in [6.07, 6.45) is 0. The number of benzene rings is 1. The summed E-state index contributed by atoms with van der Waals surface area (Å²) >= 11 is 0. The minimum absolute atomic E-state index is 0.179. The predicted molar refractivity (Wildman–Crippen MR) is 67.4 cm³/mol. The summed E-state index contributed by atoms with van der Waals surface area (Å²) < 4.78 is 15.2. The highest BCUT2D eigenvalue weighted by molar-refractivity contribution is 5.92. The molecule has 0 saturated heterocycles. The van der Waals surface area contributed by atoms with Crippen LogP contribution in [0.1, 0.15) is 17.3 Å². The van der Waals surface area contributed by atoms with Crippen LogP contribution in [-0.4, -0.2) is 40.0 Å². The van der Waals surface area contributed by atoms with Crippen LogP contribution in [-0.2, 0) is 14.5 Å². The van der Waals surface area contributed by atoms with Gasteiger partial charge < -0.3 is 14.2 Å². The van der Waals surface area contributed by atoms with Gasteiger partial charge in [0, 0.05) is 12.7 Å². The predicted octanol–water partition coefficient (Wildman–Crippen LogP) is 1.83. The fourth-order valence-corrected chi connectivity index (χ4v) is 1.34. The van der Waals surface area contributed by atoms with E-state index in [1.54, 1.807) is 18.2 Å². The van der Waals surface area contributed by atoms with Gasteiger partial charge in [0.05, 0.1) is 20.8 Å². The Morgan fingerprint density at radius 1 is 1.16 bits per heavy atom. The maximum Gasteiger partial charge on any atom is 0.376 e. The van der Waals surface area contributed by atoms with Crippen LogP contribution < -0.4 is 9.47 Å². The SMILES string of the molecule is CCOCCOOC(=O)c1ccc(OC)cc1OC. The topological polar surface area (TPSA) is 63.2 Å². The van der Waals surface area contributed by atoms with Gasteiger partial charge in [0.1, 0.15) is 23.7 Å². The van der Waals surface area contributed by atoms with Gasteiger partial charge in [-0.25, -0.2) is 4.79 Å². The van der Waals surface area contributed by atoms with Gasteiger partial charge >= 0.3 is 5.97 Å². The van der Waals surface area contributed by atoms with Crippen LogP contribution in [0, 0.1) is 0 Å². The molecule has 1 rings (SSSR count). The fraction of sp³-hybridized carbons (Fsp3) is 0.462. The van der Waals surface area contributed by atoms with Gasteiger partial charge in [-0.05, 0) is 19.1 Å². The summed E-state index contributed by atoms with van der Waals surface area (Å²) in [4.78, 5) is 21.1. The number of hydrogen-bond acceptors (Lipinski definition) is 6. The summed E-state index contributed by atoms with van der Waals surface area (Å²) in [5, 5.41) is 0. The number of hydrogen-bond donors (Lipinski definition) is 0. The Labute approximate surface area is 112 Å². The van der Waals surface area contributed by atoms with Gasteiger partial charge in [0.15, 0.2) is 0 Å². The monoisotopic (exact) mass is 270 g/mol. The van der Waals surface area contributed by atoms with Crippen molar-refractivity contribution in [3.05, 3.63) is 23.8 Å². The second-order valence-electron chi connectivity index (χ2n) is 3.46. The molecule has 106 valence electrons. The van der Waals surface area contributed by atoms with E-state index in [0.717, 1.165) is 0 Å². The number of methoxy groups -OCH3 is 2. The molecular formula is C13H18O6. The van der Waals surface area contributed by atoms with Crippen LogP contribution >= 0.6 is 0 Å². The summed E-state index contributed by atoms with van der Waals surface area (Å²) in [5.74, 6) is 0.319. The lowest BCUT2D eigenvalue weighted by Gasteiger charge is -2.09. The van der Waals surface area contributed by atoms with Crippen LogP contribution in [0.2, 0.25) is 0 Å². The van der Waals surface area contributed by atoms with E-state index in [0.29, 0.717) is 24.7 Å². The number of carbonyl (C=O) groups excluding carboxylic acids is 1. The van der Waals surface area contributed by atoms with Crippen LogP contribution in [0.4, 0.5) is 0 Å². The van der Waals surface area contributed by atoms with E-state index in [9.17, 15) is 4.79 Å². The first kappa shape index (κ1) is 15.3. The lowest BCUT2D eigenvalue weighted by Crippen LogP contribution is -2.11. The highest BCUT2D eigenvalue weighted by Crippen LogP contribution is 2.25. The molecule has 0 aliphatic carbocycles. The summed E-state index contributed by atoms with van der Waals surface area (Å²) in [6, 6.07) is 4.78. The first-order chi connectivity index (χ1) is 9.22. The molecule has 0 bridgehead atoms. The van der Waals surface area contributed by atoms with Gasteiger partial charge in [0.25, 0.3) is 0 Å². The van der Waals surface area contributed by atoms with E-state index in [1.165, 1.54) is 14.2 Å². The quantitative estimate of drug-likeness (QED) is 0.408. The first-order valence-electron chi connectivity index (χ1n) is 5.86. The van der Waals surface area contributed by atoms with Crippen LogP contribution in [0.15, 0.2) is 18.2 Å². The molecule has 0 amide bonds. The van der Waals surface area contributed by atoms with Gasteiger partial charge in [-0.1, -0.05) is 0 Å². The van der Waals surface area contributed by atoms with E-state index in [-0.39, 0.29) is 12.2 Å². The average Bonchev–Trinajstić information content (AvgIpc) is 2.46. The van der Waals surface area contributed by atoms with Crippen molar-refractivity contribution in [2.24, 2.45) is 0 Å². The fourth-order valence-electron chi connectivity index (χ4n) is 1.34. The molecular weight excluding hydrogens is 252 g/mol. The molecule has 0 N–H and O–H groups in total. The minimum Gasteiger partial charge on any atom is -0.497 e. The van der Waals surface area contributed by atoms with Gasteiger partial charge in [0.2, 0.25) is 0 Å². The largest absolute Gasteiger partial charge is 0.497 e. The molecule has 0 spiro atoms. The van der Waals surface area contributed by atoms with Crippen molar-refractivity contribution in [1.82, 2.24) is 0 Å². The highest BCUT2D eigenvalue weighted by atomic mass is 17.2. The Bertz CT molecular complexity index is 404. The Morgan fingerprint density at radius 3 is 2.58 bits per heavy atom. The van der Waals surface area contributed by atoms with E-state index >= 15 is 0 Å². The van der Waals surface area contributed by atoms with Crippen molar-refractivity contribution in [3.8, 4) is 11.5 Å². The van der Waals surface area contributed by atoms with Gasteiger partial charge in [-0.15, -0.1) is 0 Å². The molecule has 0 unspecified atom stereocenters. The highest BCUT2D eigenvalue weighted by Gasteiger charge is 2.15. The zero-order chi connectivity index (χ0) is 14.1. The molecule has 1 aromatic carbocycles. The van der Waals surface area contributed by atoms with E-state index < -0.39 is 5.97 Å². The average molecular weight is 270 g/mol. The normalized spacial score (nSPS) is 10.1. The third kappa shape index (κ3) is 4.76. The second-order valence-corrected chi connectivity index (χ2v) is 3.46. The van der Waals surface area contributed by atoms with Crippen molar-refractivity contribution in [3.63, 3.8) is 0 Å². The molecule has 0 heterocycles. The molecule has 19 heavy (non-hydrogen) atoms. The lowest BCUT2D eigenvalue weighted by molar-refractivity contribution is -0.247. The first-order valence-corrected chi connectivity index (χ1v) is 5.86. The van der Waals surface area contributed by atoms with Crippen molar-refractivity contribution < 1.29 is 28.8 Å². The molecule has 0 aromatic heterocycles. The number of rotatable bonds is 8. The second kappa shape index (κ2) is 8.34. The minimum atomic E-state index is -0.629. The van der Waals surface area contributed by atoms with Gasteiger partial charge in [-0.2, -0.15) is 4.89 Å². The smallest absolute Gasteiger partial charge is 0.376 e. The maximum atomic E-state index is 11.7. The maximum absolute atomic E-state index is 11.7. The molecule has 0 fully saturated rings. The summed E-state index contributed by atoms with van der Waals surface area (Å²) in [6.45, 7) is 3.00. The molecule has 0 aliphatic heterocycles. The molecule has 6 nitrogen and oxygen atoms in total. The third-order valence-electron chi connectivity index (χ3n) is 2.28. The zero-order valence-corrected chi connectivity index (χ0v) is 11.3. The Kier molecular flexibility index (Phi) is 6.70. The molecule has 0 radical (unpaired) electrons. The molecule has 1 aromatic rings. The molecule has 0 atom stereocenters. The molecule has 0 saturated carbocycles. The zero-order valence-electron chi connectivity index (χ0n) is 11.3. The molecule has 6 heteroatoms. The van der Waals surface area contributed by atoms with E-state index in [4.69, 9.17) is 19.1 Å². The Morgan fingerprint density at radius 2 is 1.95 bits per heavy atom. The van der Waals surface area contributed by atoms with Crippen molar-refractivity contribution in [2.45, 2.75) is 6.92 Å². The molecule has 0 aliphatic rings. The van der Waals surface area contributed by atoms with Crippen LogP contribution in [0.3, 0.4) is 0 Å². The number of carbonyl (C=O) groups is 1. The van der Waals surface area contributed by atoms with Crippen molar-refractivity contribution >= 4 is 5.97 Å². The van der Waals surface area contributed by atoms with Crippen LogP contribution in [0.25, 0.3) is 0 Å². The van der Waals surface area contributed by atoms with Gasteiger partial charge in [-0.3, -0.25) is 4.89 Å². The van der Waals surface area contributed by atoms with E-state index in [1.807, 2.05) is 6.92 Å². The van der Waals surface area contributed by atoms with Crippen molar-refractivity contribution in [1.29, 1.82) is 0 Å². The van der Waals surface area contributed by atoms with E-state index in [2.05, 4.69) is 4.89 Å². The van der Waals surface area contributed by atoms with Crippen molar-refractivity contribution in [2.75, 3.05) is 34.0 Å².